The second kappa shape index (κ2) is 15.1. The van der Waals surface area contributed by atoms with Crippen LogP contribution >= 0.6 is 7.26 Å². The van der Waals surface area contributed by atoms with Crippen molar-refractivity contribution in [3.63, 3.8) is 0 Å². The number of phenolic OH excluding ortho intramolecular Hbond substituents is 2. The fourth-order valence-electron chi connectivity index (χ4n) is 5.41. The average molecular weight is 554 g/mol. The van der Waals surface area contributed by atoms with E-state index < -0.39 is 7.26 Å². The van der Waals surface area contributed by atoms with Crippen molar-refractivity contribution in [1.82, 2.24) is 5.32 Å². The summed E-state index contributed by atoms with van der Waals surface area (Å²) in [5.74, 6) is -0.529. The summed E-state index contributed by atoms with van der Waals surface area (Å²) in [5.41, 5.74) is 0.657. The van der Waals surface area contributed by atoms with Crippen molar-refractivity contribution < 1.29 is 15.0 Å². The van der Waals surface area contributed by atoms with Gasteiger partial charge in [0.15, 0.2) is 11.5 Å². The van der Waals surface area contributed by atoms with Crippen LogP contribution in [0.4, 0.5) is 0 Å². The van der Waals surface area contributed by atoms with Crippen molar-refractivity contribution in [3.8, 4) is 11.5 Å². The zero-order valence-electron chi connectivity index (χ0n) is 23.0. The number of nitrogens with one attached hydrogen (secondary N) is 1. The molecule has 5 heteroatoms. The Kier molecular flexibility index (Phi) is 11.0. The predicted octanol–water partition coefficient (Wildman–Crippen LogP) is 6.29. The molecule has 4 nitrogen and oxygen atoms in total. The van der Waals surface area contributed by atoms with Gasteiger partial charge in [-0.1, -0.05) is 6.07 Å². The fraction of sp³-hybridized carbons (Fsp3) is 0.229. The van der Waals surface area contributed by atoms with Gasteiger partial charge in [0, 0.05) is 0 Å². The molecular formula is C35H40NO3P. The van der Waals surface area contributed by atoms with Crippen LogP contribution in [0, 0.1) is 0 Å². The number of phenols is 2. The van der Waals surface area contributed by atoms with Gasteiger partial charge in [-0.05, 0) is 17.7 Å². The second-order valence-electron chi connectivity index (χ2n) is 10.2. The Morgan fingerprint density at radius 2 is 1.12 bits per heavy atom. The van der Waals surface area contributed by atoms with E-state index in [9.17, 15) is 15.0 Å². The molecule has 0 radical (unpaired) electrons. The molecule has 1 amide bonds. The maximum atomic E-state index is 12.1. The van der Waals surface area contributed by atoms with Gasteiger partial charge >= 0.3 is 194 Å². The van der Waals surface area contributed by atoms with Crippen LogP contribution in [0.15, 0.2) is 115 Å². The van der Waals surface area contributed by atoms with Gasteiger partial charge in [0.2, 0.25) is 0 Å². The molecule has 4 aromatic carbocycles. The first-order valence-corrected chi connectivity index (χ1v) is 16.4. The number of unbranched alkanes of at least 4 members (excludes halogenated alkanes) is 5. The third-order valence-electron chi connectivity index (χ3n) is 7.50. The summed E-state index contributed by atoms with van der Waals surface area (Å²) in [6.45, 7) is 0.649. The van der Waals surface area contributed by atoms with Gasteiger partial charge in [0.25, 0.3) is 0 Å². The molecule has 4 aromatic rings. The number of benzene rings is 4. The van der Waals surface area contributed by atoms with Gasteiger partial charge in [-0.15, -0.1) is 0 Å². The second-order valence-corrected chi connectivity index (χ2v) is 14.3. The van der Waals surface area contributed by atoms with E-state index in [2.05, 4.69) is 96.3 Å². The third-order valence-corrected chi connectivity index (χ3v) is 12.6. The monoisotopic (exact) mass is 553 g/mol. The molecule has 4 rings (SSSR count). The molecule has 0 aliphatic rings. The Morgan fingerprint density at radius 1 is 0.625 bits per heavy atom. The summed E-state index contributed by atoms with van der Waals surface area (Å²) in [6.07, 6.45) is 11.1. The number of hydrogen-bond donors (Lipinski definition) is 3. The van der Waals surface area contributed by atoms with Gasteiger partial charge < -0.3 is 10.2 Å². The molecule has 0 aromatic heterocycles. The van der Waals surface area contributed by atoms with Gasteiger partial charge in [-0.2, -0.15) is 0 Å². The summed E-state index contributed by atoms with van der Waals surface area (Å²) in [6, 6.07) is 37.8. The molecule has 0 aliphatic heterocycles. The number of hydrogen-bond acceptors (Lipinski definition) is 3. The minimum atomic E-state index is -2.14. The SMILES string of the molecule is O=C(C=Cc1ccc(O)c(O)c1)NCCCCCCCC[PH](c1ccccc1)(c1ccccc1)c1ccccc1. The van der Waals surface area contributed by atoms with Crippen molar-refractivity contribution in [2.24, 2.45) is 0 Å². The number of aromatic hydroxyl groups is 2. The number of rotatable bonds is 14. The minimum absolute atomic E-state index is 0.156. The maximum absolute atomic E-state index is 12.1. The van der Waals surface area contributed by atoms with E-state index in [0.717, 1.165) is 19.3 Å². The van der Waals surface area contributed by atoms with E-state index in [1.165, 1.54) is 59.5 Å². The topological polar surface area (TPSA) is 69.6 Å². The quantitative estimate of drug-likeness (QED) is 0.0744. The Balaban J connectivity index is 1.25. The number of carbonyl (C=O) groups is 1. The van der Waals surface area contributed by atoms with E-state index in [1.54, 1.807) is 12.1 Å². The summed E-state index contributed by atoms with van der Waals surface area (Å²) in [7, 11) is -2.14. The third kappa shape index (κ3) is 7.83. The Labute approximate surface area is 238 Å². The molecule has 0 heterocycles. The van der Waals surface area contributed by atoms with Crippen molar-refractivity contribution in [2.75, 3.05) is 12.7 Å². The van der Waals surface area contributed by atoms with Gasteiger partial charge in [-0.3, -0.25) is 0 Å². The van der Waals surface area contributed by atoms with Crippen LogP contribution in [0.3, 0.4) is 0 Å². The first-order chi connectivity index (χ1) is 19.6. The van der Waals surface area contributed by atoms with E-state index in [1.807, 2.05) is 0 Å². The van der Waals surface area contributed by atoms with Crippen LogP contribution in [0.5, 0.6) is 11.5 Å². The average Bonchev–Trinajstić information content (AvgIpc) is 3.00. The molecule has 0 aliphatic carbocycles. The normalized spacial score (nSPS) is 11.9. The fourth-order valence-corrected chi connectivity index (χ4v) is 10.3. The first-order valence-electron chi connectivity index (χ1n) is 14.2. The number of carbonyl (C=O) groups excluding carboxylic acids is 1. The Hall–Kier alpha value is -3.88. The molecule has 40 heavy (non-hydrogen) atoms. The Morgan fingerprint density at radius 3 is 1.65 bits per heavy atom. The van der Waals surface area contributed by atoms with E-state index >= 15 is 0 Å². The van der Waals surface area contributed by atoms with Crippen molar-refractivity contribution in [1.29, 1.82) is 0 Å². The first kappa shape index (κ1) is 29.1. The zero-order chi connectivity index (χ0) is 28.0. The van der Waals surface area contributed by atoms with Gasteiger partial charge in [0.1, 0.15) is 0 Å². The van der Waals surface area contributed by atoms with Crippen molar-refractivity contribution in [3.05, 3.63) is 121 Å². The predicted molar refractivity (Wildman–Crippen MR) is 171 cm³/mol. The Bertz CT molecular complexity index is 1260. The summed E-state index contributed by atoms with van der Waals surface area (Å²) >= 11 is 0. The van der Waals surface area contributed by atoms with E-state index in [-0.39, 0.29) is 17.4 Å². The molecule has 0 spiro atoms. The molecule has 0 fully saturated rings. The molecule has 3 N–H and O–H groups in total. The van der Waals surface area contributed by atoms with E-state index in [0.29, 0.717) is 12.1 Å². The van der Waals surface area contributed by atoms with Gasteiger partial charge in [-0.25, -0.2) is 0 Å². The zero-order valence-corrected chi connectivity index (χ0v) is 24.0. The molecule has 0 bridgehead atoms. The van der Waals surface area contributed by atoms with Crippen LogP contribution < -0.4 is 21.2 Å². The molecule has 0 atom stereocenters. The molecule has 0 saturated carbocycles. The van der Waals surface area contributed by atoms with Crippen LogP contribution in [0.2, 0.25) is 0 Å². The summed E-state index contributed by atoms with van der Waals surface area (Å²) in [4.78, 5) is 12.1. The standard InChI is InChI=1S/C35H40NO3P/c37-33-24-22-29(28-34(33)38)23-25-35(39)36-26-14-3-1-2-4-15-27-40(30-16-8-5-9-17-30,31-18-10-6-11-19-31)32-20-12-7-13-21-32/h5-13,16-25,28,37-38,40H,1-4,14-15,26-27H2,(H,36,39). The van der Waals surface area contributed by atoms with Crippen LogP contribution in [0.25, 0.3) is 6.08 Å². The van der Waals surface area contributed by atoms with E-state index in [4.69, 9.17) is 0 Å². The van der Waals surface area contributed by atoms with Crippen LogP contribution in [0.1, 0.15) is 44.1 Å². The summed E-state index contributed by atoms with van der Waals surface area (Å²) < 4.78 is 0. The molecular weight excluding hydrogens is 513 g/mol. The summed E-state index contributed by atoms with van der Waals surface area (Å²) in [5, 5.41) is 26.3. The van der Waals surface area contributed by atoms with Crippen LogP contribution in [-0.2, 0) is 4.79 Å². The number of amides is 1. The van der Waals surface area contributed by atoms with Crippen LogP contribution in [-0.4, -0.2) is 28.8 Å². The van der Waals surface area contributed by atoms with Gasteiger partial charge in [0.05, 0.1) is 0 Å². The molecule has 0 saturated heterocycles. The van der Waals surface area contributed by atoms with Crippen molar-refractivity contribution in [2.45, 2.75) is 38.5 Å². The molecule has 0 unspecified atom stereocenters. The van der Waals surface area contributed by atoms with Crippen molar-refractivity contribution >= 4 is 35.2 Å². The molecule has 208 valence electrons.